The number of amides is 1. The van der Waals surface area contributed by atoms with Crippen molar-refractivity contribution in [1.29, 1.82) is 0 Å². The summed E-state index contributed by atoms with van der Waals surface area (Å²) >= 11 is 0. The van der Waals surface area contributed by atoms with Crippen molar-refractivity contribution in [2.45, 2.75) is 50.9 Å². The molecule has 0 bridgehead atoms. The number of rotatable bonds is 7. The maximum atomic E-state index is 12.8. The van der Waals surface area contributed by atoms with E-state index in [1.54, 1.807) is 4.90 Å². The van der Waals surface area contributed by atoms with E-state index in [1.165, 1.54) is 18.4 Å². The number of aliphatic imine (C=N–C) groups is 1. The monoisotopic (exact) mass is 498 g/mol. The van der Waals surface area contributed by atoms with Crippen LogP contribution >= 0.6 is 24.0 Å². The molecule has 0 unspecified atom stereocenters. The van der Waals surface area contributed by atoms with Gasteiger partial charge in [0.2, 0.25) is 5.91 Å². The fourth-order valence-electron chi connectivity index (χ4n) is 4.30. The van der Waals surface area contributed by atoms with Gasteiger partial charge in [-0.2, -0.15) is 0 Å². The molecule has 28 heavy (non-hydrogen) atoms. The van der Waals surface area contributed by atoms with Crippen molar-refractivity contribution in [2.24, 2.45) is 10.4 Å². The second-order valence-corrected chi connectivity index (χ2v) is 8.38. The maximum absolute atomic E-state index is 12.8. The molecule has 1 aromatic carbocycles. The van der Waals surface area contributed by atoms with E-state index >= 15 is 0 Å². The van der Waals surface area contributed by atoms with E-state index in [-0.39, 0.29) is 40.7 Å². The summed E-state index contributed by atoms with van der Waals surface area (Å²) in [5, 5.41) is 6.90. The number of hydrogen-bond acceptors (Lipinski definition) is 2. The Bertz CT molecular complexity index is 664. The molecule has 0 saturated heterocycles. The molecule has 2 fully saturated rings. The summed E-state index contributed by atoms with van der Waals surface area (Å²) in [7, 11) is 3.71. The van der Waals surface area contributed by atoms with Gasteiger partial charge in [0.25, 0.3) is 0 Å². The number of nitrogens with zero attached hydrogens (tertiary/aromatic N) is 2. The van der Waals surface area contributed by atoms with Gasteiger partial charge < -0.3 is 15.5 Å². The number of carbonyl (C=O) groups excluding carboxylic acids is 1. The Labute approximate surface area is 186 Å². The minimum absolute atomic E-state index is 0. The van der Waals surface area contributed by atoms with Crippen molar-refractivity contribution in [2.75, 3.05) is 33.7 Å². The van der Waals surface area contributed by atoms with Gasteiger partial charge in [-0.3, -0.25) is 9.79 Å². The average molecular weight is 498 g/mol. The molecule has 156 valence electrons. The van der Waals surface area contributed by atoms with Crippen LogP contribution in [-0.2, 0) is 10.2 Å². The molecule has 2 aliphatic carbocycles. The Kier molecular flexibility index (Phi) is 8.16. The fourth-order valence-corrected chi connectivity index (χ4v) is 4.30. The molecule has 2 saturated carbocycles. The Balaban J connectivity index is 0.00000280. The Morgan fingerprint density at radius 3 is 2.25 bits per heavy atom. The number of nitrogens with one attached hydrogen (secondary N) is 2. The lowest BCUT2D eigenvalue weighted by Crippen LogP contribution is -2.44. The molecule has 0 aliphatic heterocycles. The van der Waals surface area contributed by atoms with Crippen LogP contribution in [0.5, 0.6) is 0 Å². The van der Waals surface area contributed by atoms with E-state index in [0.29, 0.717) is 6.54 Å². The molecule has 2 N–H and O–H groups in total. The number of carbonyl (C=O) groups is 1. The highest BCUT2D eigenvalue weighted by Crippen LogP contribution is 2.47. The largest absolute Gasteiger partial charge is 0.357 e. The normalized spacial score (nSPS) is 19.5. The fraction of sp³-hybridized carbons (Fsp3) is 0.636. The Morgan fingerprint density at radius 2 is 1.71 bits per heavy atom. The zero-order chi connectivity index (χ0) is 19.3. The van der Waals surface area contributed by atoms with Crippen LogP contribution in [0.3, 0.4) is 0 Å². The van der Waals surface area contributed by atoms with Gasteiger partial charge in [0.15, 0.2) is 5.96 Å². The van der Waals surface area contributed by atoms with Gasteiger partial charge in [-0.1, -0.05) is 43.2 Å². The second-order valence-electron chi connectivity index (χ2n) is 8.38. The summed E-state index contributed by atoms with van der Waals surface area (Å²) in [4.78, 5) is 19.3. The first kappa shape index (κ1) is 23.0. The van der Waals surface area contributed by atoms with Crippen LogP contribution in [0, 0.1) is 5.41 Å². The van der Waals surface area contributed by atoms with Crippen molar-refractivity contribution in [1.82, 2.24) is 15.5 Å². The molecule has 3 rings (SSSR count). The highest BCUT2D eigenvalue weighted by Gasteiger charge is 2.44. The minimum Gasteiger partial charge on any atom is -0.357 e. The third-order valence-corrected chi connectivity index (χ3v) is 6.14. The smallest absolute Gasteiger partial charge is 0.230 e. The van der Waals surface area contributed by atoms with Crippen molar-refractivity contribution < 1.29 is 4.79 Å². The third-order valence-electron chi connectivity index (χ3n) is 6.14. The van der Waals surface area contributed by atoms with Crippen LogP contribution in [0.2, 0.25) is 0 Å². The van der Waals surface area contributed by atoms with E-state index < -0.39 is 0 Å². The van der Waals surface area contributed by atoms with E-state index in [9.17, 15) is 4.79 Å². The summed E-state index contributed by atoms with van der Waals surface area (Å²) in [6, 6.07) is 10.8. The molecule has 5 nitrogen and oxygen atoms in total. The van der Waals surface area contributed by atoms with Crippen LogP contribution in [-0.4, -0.2) is 50.5 Å². The summed E-state index contributed by atoms with van der Waals surface area (Å²) in [5.74, 6) is 1.06. The SMILES string of the molecule is CCNC(=NCC1(C(=O)N(C)C)CCCC1)NCC1(c2ccccc2)CC1.I. The van der Waals surface area contributed by atoms with Gasteiger partial charge >= 0.3 is 0 Å². The summed E-state index contributed by atoms with van der Waals surface area (Å²) in [6.07, 6.45) is 6.56. The summed E-state index contributed by atoms with van der Waals surface area (Å²) in [6.45, 7) is 4.35. The van der Waals surface area contributed by atoms with Crippen LogP contribution in [0.15, 0.2) is 35.3 Å². The number of guanidine groups is 1. The molecular weight excluding hydrogens is 463 g/mol. The van der Waals surface area contributed by atoms with Crippen molar-refractivity contribution in [3.05, 3.63) is 35.9 Å². The predicted octanol–water partition coefficient (Wildman–Crippen LogP) is 3.54. The van der Waals surface area contributed by atoms with Gasteiger partial charge in [-0.05, 0) is 38.2 Å². The molecule has 2 aliphatic rings. The van der Waals surface area contributed by atoms with Crippen molar-refractivity contribution >= 4 is 35.8 Å². The van der Waals surface area contributed by atoms with Gasteiger partial charge in [0, 0.05) is 32.6 Å². The highest BCUT2D eigenvalue weighted by molar-refractivity contribution is 14.0. The lowest BCUT2D eigenvalue weighted by Gasteiger charge is -2.29. The minimum atomic E-state index is -0.317. The maximum Gasteiger partial charge on any atom is 0.230 e. The zero-order valence-electron chi connectivity index (χ0n) is 17.5. The average Bonchev–Trinajstić information content (AvgIpc) is 3.33. The van der Waals surface area contributed by atoms with Crippen LogP contribution in [0.25, 0.3) is 0 Å². The predicted molar refractivity (Wildman–Crippen MR) is 126 cm³/mol. The van der Waals surface area contributed by atoms with Gasteiger partial charge in [0.05, 0.1) is 12.0 Å². The molecule has 0 radical (unpaired) electrons. The van der Waals surface area contributed by atoms with E-state index in [4.69, 9.17) is 4.99 Å². The number of halogens is 1. The molecule has 1 aromatic rings. The first-order chi connectivity index (χ1) is 13.0. The first-order valence-corrected chi connectivity index (χ1v) is 10.3. The van der Waals surface area contributed by atoms with Gasteiger partial charge in [-0.15, -0.1) is 24.0 Å². The van der Waals surface area contributed by atoms with Crippen molar-refractivity contribution in [3.63, 3.8) is 0 Å². The Hall–Kier alpha value is -1.31. The highest BCUT2D eigenvalue weighted by atomic mass is 127. The summed E-state index contributed by atoms with van der Waals surface area (Å²) < 4.78 is 0. The van der Waals surface area contributed by atoms with Gasteiger partial charge in [-0.25, -0.2) is 0 Å². The van der Waals surface area contributed by atoms with E-state index in [0.717, 1.165) is 44.7 Å². The zero-order valence-corrected chi connectivity index (χ0v) is 19.8. The van der Waals surface area contributed by atoms with Crippen LogP contribution < -0.4 is 10.6 Å². The Morgan fingerprint density at radius 1 is 1.07 bits per heavy atom. The summed E-state index contributed by atoms with van der Waals surface area (Å²) in [5.41, 5.74) is 1.33. The van der Waals surface area contributed by atoms with Crippen LogP contribution in [0.1, 0.15) is 51.0 Å². The lowest BCUT2D eigenvalue weighted by atomic mass is 9.85. The number of benzene rings is 1. The van der Waals surface area contributed by atoms with E-state index in [2.05, 4.69) is 47.9 Å². The molecule has 0 aromatic heterocycles. The van der Waals surface area contributed by atoms with Gasteiger partial charge in [0.1, 0.15) is 0 Å². The van der Waals surface area contributed by atoms with E-state index in [1.807, 2.05) is 14.1 Å². The quantitative estimate of drug-likeness (QED) is 0.344. The number of hydrogen-bond donors (Lipinski definition) is 2. The first-order valence-electron chi connectivity index (χ1n) is 10.3. The molecule has 0 heterocycles. The molecule has 1 amide bonds. The standard InChI is InChI=1S/C22H34N4O.HI/c1-4-23-20(24-16-21(14-15-21)18-10-6-5-7-11-18)25-17-22(12-8-9-13-22)19(27)26(2)3;/h5-7,10-11H,4,8-9,12-17H2,1-3H3,(H2,23,24,25);1H. The second kappa shape index (κ2) is 9.94. The molecule has 6 heteroatoms. The third kappa shape index (κ3) is 5.19. The molecule has 0 atom stereocenters. The molecular formula is C22H35IN4O. The molecule has 0 spiro atoms. The lowest BCUT2D eigenvalue weighted by molar-refractivity contribution is -0.138. The van der Waals surface area contributed by atoms with Crippen molar-refractivity contribution in [3.8, 4) is 0 Å². The van der Waals surface area contributed by atoms with Crippen LogP contribution in [0.4, 0.5) is 0 Å². The topological polar surface area (TPSA) is 56.7 Å².